The van der Waals surface area contributed by atoms with Crippen molar-refractivity contribution in [1.82, 2.24) is 0 Å². The van der Waals surface area contributed by atoms with E-state index in [1.165, 1.54) is 0 Å². The number of aliphatic hydroxyl groups excluding tert-OH is 10. The minimum absolute atomic E-state index is 0. The predicted molar refractivity (Wildman–Crippen MR) is 74.4 cm³/mol. The van der Waals surface area contributed by atoms with Crippen molar-refractivity contribution in [3.63, 3.8) is 0 Å². The Kier molecular flexibility index (Phi) is 14.0. The van der Waals surface area contributed by atoms with Crippen LogP contribution in [0.4, 0.5) is 0 Å². The molecule has 0 aromatic carbocycles. The number of ether oxygens (including phenoxy) is 1. The molecule has 150 valence electrons. The molecule has 0 amide bonds. The fourth-order valence-corrected chi connectivity index (χ4v) is 1.54. The first kappa shape index (κ1) is 28.0. The number of hydrogen-bond donors (Lipinski definition) is 10. The van der Waals surface area contributed by atoms with Crippen molar-refractivity contribution >= 4 is 11.9 Å². The van der Waals surface area contributed by atoms with Gasteiger partial charge in [-0.25, -0.2) is 9.59 Å². The Morgan fingerprint density at radius 1 is 0.654 bits per heavy atom. The SMILES string of the molecule is O=C(OC(=O)[C@H](O)[C@@H](O)[C@H](O)[C@H](O)CO)[C@H](O)[C@@H](O)[C@H](O)[C@H](O)CO.[H-].[Na+]. The molecular weight excluding hydrogens is 375 g/mol. The Labute approximate surface area is 170 Å². The van der Waals surface area contributed by atoms with Crippen molar-refractivity contribution in [2.45, 2.75) is 48.8 Å². The smallest absolute Gasteiger partial charge is 1.00 e. The number of rotatable bonds is 10. The molecule has 0 spiro atoms. The summed E-state index contributed by atoms with van der Waals surface area (Å²) in [5.74, 6) is -3.77. The van der Waals surface area contributed by atoms with Gasteiger partial charge in [0.2, 0.25) is 0 Å². The monoisotopic (exact) mass is 398 g/mol. The second-order valence-electron chi connectivity index (χ2n) is 5.09. The Balaban J connectivity index is -0.00000288. The van der Waals surface area contributed by atoms with Gasteiger partial charge in [0, 0.05) is 0 Å². The molecule has 0 heterocycles. The number of carbonyl (C=O) groups excluding carboxylic acids is 2. The van der Waals surface area contributed by atoms with Gasteiger partial charge in [-0.15, -0.1) is 0 Å². The summed E-state index contributed by atoms with van der Waals surface area (Å²) in [5.41, 5.74) is 0. The summed E-state index contributed by atoms with van der Waals surface area (Å²) in [4.78, 5) is 22.9. The van der Waals surface area contributed by atoms with Crippen molar-refractivity contribution in [2.24, 2.45) is 0 Å². The first-order valence-corrected chi connectivity index (χ1v) is 6.91. The molecule has 13 nitrogen and oxygen atoms in total. The number of hydrogen-bond acceptors (Lipinski definition) is 13. The van der Waals surface area contributed by atoms with Crippen LogP contribution in [0.25, 0.3) is 0 Å². The average molecular weight is 398 g/mol. The Morgan fingerprint density at radius 2 is 0.923 bits per heavy atom. The van der Waals surface area contributed by atoms with Crippen LogP contribution in [0.5, 0.6) is 0 Å². The molecule has 8 atom stereocenters. The Bertz CT molecular complexity index is 404. The normalized spacial score (nSPS) is 20.5. The van der Waals surface area contributed by atoms with E-state index in [2.05, 4.69) is 4.74 Å². The van der Waals surface area contributed by atoms with E-state index in [4.69, 9.17) is 20.4 Å². The van der Waals surface area contributed by atoms with Gasteiger partial charge in [0.25, 0.3) is 0 Å². The van der Waals surface area contributed by atoms with Gasteiger partial charge >= 0.3 is 41.5 Å². The summed E-state index contributed by atoms with van der Waals surface area (Å²) in [6.07, 6.45) is -18.1. The molecule has 10 N–H and O–H groups in total. The first-order valence-electron chi connectivity index (χ1n) is 6.91. The van der Waals surface area contributed by atoms with E-state index in [1.807, 2.05) is 0 Å². The topological polar surface area (TPSA) is 246 Å². The summed E-state index contributed by atoms with van der Waals surface area (Å²) < 4.78 is 3.93. The first-order chi connectivity index (χ1) is 11.5. The van der Waals surface area contributed by atoms with E-state index in [0.717, 1.165) is 0 Å². The van der Waals surface area contributed by atoms with E-state index in [0.29, 0.717) is 0 Å². The van der Waals surface area contributed by atoms with Crippen LogP contribution >= 0.6 is 0 Å². The minimum atomic E-state index is -2.57. The zero-order chi connectivity index (χ0) is 19.9. The molecule has 0 fully saturated rings. The molecule has 26 heavy (non-hydrogen) atoms. The molecule has 0 aliphatic carbocycles. The van der Waals surface area contributed by atoms with E-state index >= 15 is 0 Å². The third-order valence-corrected chi connectivity index (χ3v) is 3.19. The van der Waals surface area contributed by atoms with E-state index in [9.17, 15) is 40.2 Å². The molecule has 0 radical (unpaired) electrons. The number of aliphatic hydroxyl groups is 10. The van der Waals surface area contributed by atoms with Gasteiger partial charge in [0.1, 0.15) is 36.6 Å². The Morgan fingerprint density at radius 3 is 1.15 bits per heavy atom. The third kappa shape index (κ3) is 7.77. The molecule has 0 unspecified atom stereocenters. The molecule has 0 saturated carbocycles. The van der Waals surface area contributed by atoms with Crippen molar-refractivity contribution in [1.29, 1.82) is 0 Å². The Hall–Kier alpha value is -0.260. The molecule has 0 saturated heterocycles. The molecule has 0 aromatic heterocycles. The molecule has 0 bridgehead atoms. The van der Waals surface area contributed by atoms with Gasteiger partial charge in [-0.2, -0.15) is 0 Å². The predicted octanol–water partition coefficient (Wildman–Crippen LogP) is -9.96. The zero-order valence-corrected chi connectivity index (χ0v) is 15.7. The molecule has 0 aliphatic rings. The molecule has 0 aromatic rings. The van der Waals surface area contributed by atoms with Crippen LogP contribution in [0.15, 0.2) is 0 Å². The molecule has 14 heteroatoms. The van der Waals surface area contributed by atoms with Crippen LogP contribution in [-0.2, 0) is 14.3 Å². The summed E-state index contributed by atoms with van der Waals surface area (Å²) >= 11 is 0. The van der Waals surface area contributed by atoms with Crippen molar-refractivity contribution < 1.29 is 96.4 Å². The molecular formula is C12H23NaO13. The van der Waals surface area contributed by atoms with Gasteiger partial charge < -0.3 is 57.2 Å². The average Bonchev–Trinajstić information content (AvgIpc) is 2.62. The van der Waals surface area contributed by atoms with Crippen LogP contribution in [0.2, 0.25) is 0 Å². The summed E-state index contributed by atoms with van der Waals surface area (Å²) in [5, 5.41) is 91.6. The van der Waals surface area contributed by atoms with Crippen LogP contribution in [0, 0.1) is 0 Å². The fourth-order valence-electron chi connectivity index (χ4n) is 1.54. The standard InChI is InChI=1S/C12H22O13.Na.H/c13-1-3(15)5(17)7(19)9(21)11(23)25-12(24)10(22)8(20)6(18)4(16)2-14;;/h3-10,13-22H,1-2H2;;/q;+1;-1/t3-,4-,5-,6-,7+,8+,9-,10-;;/m1../s1. The van der Waals surface area contributed by atoms with E-state index in [1.54, 1.807) is 0 Å². The maximum atomic E-state index is 11.4. The van der Waals surface area contributed by atoms with Gasteiger partial charge in [-0.05, 0) is 0 Å². The zero-order valence-electron chi connectivity index (χ0n) is 14.7. The van der Waals surface area contributed by atoms with Crippen molar-refractivity contribution in [3.05, 3.63) is 0 Å². The van der Waals surface area contributed by atoms with Crippen LogP contribution in [0.3, 0.4) is 0 Å². The quantitative estimate of drug-likeness (QED) is 0.0934. The third-order valence-electron chi connectivity index (χ3n) is 3.19. The largest absolute Gasteiger partial charge is 1.00 e. The van der Waals surface area contributed by atoms with Crippen LogP contribution in [0.1, 0.15) is 1.43 Å². The molecule has 0 aliphatic heterocycles. The second kappa shape index (κ2) is 13.0. The maximum Gasteiger partial charge on any atom is 1.00 e. The number of carbonyl (C=O) groups is 2. The van der Waals surface area contributed by atoms with Crippen LogP contribution in [-0.4, -0.2) is 125 Å². The second-order valence-corrected chi connectivity index (χ2v) is 5.09. The van der Waals surface area contributed by atoms with Crippen molar-refractivity contribution in [2.75, 3.05) is 13.2 Å². The van der Waals surface area contributed by atoms with Gasteiger partial charge in [0.15, 0.2) is 12.2 Å². The van der Waals surface area contributed by atoms with Gasteiger partial charge in [-0.1, -0.05) is 0 Å². The van der Waals surface area contributed by atoms with E-state index < -0.39 is 74.0 Å². The summed E-state index contributed by atoms with van der Waals surface area (Å²) in [7, 11) is 0. The summed E-state index contributed by atoms with van der Waals surface area (Å²) in [6, 6.07) is 0. The van der Waals surface area contributed by atoms with Gasteiger partial charge in [0.05, 0.1) is 13.2 Å². The number of esters is 2. The minimum Gasteiger partial charge on any atom is -1.00 e. The van der Waals surface area contributed by atoms with Gasteiger partial charge in [-0.3, -0.25) is 0 Å². The maximum absolute atomic E-state index is 11.4. The fraction of sp³-hybridized carbons (Fsp3) is 0.833. The van der Waals surface area contributed by atoms with E-state index in [-0.39, 0.29) is 31.0 Å². The van der Waals surface area contributed by atoms with Crippen molar-refractivity contribution in [3.8, 4) is 0 Å². The van der Waals surface area contributed by atoms with Crippen LogP contribution < -0.4 is 29.6 Å². The molecule has 0 rings (SSSR count). The summed E-state index contributed by atoms with van der Waals surface area (Å²) in [6.45, 7) is -2.04.